The molecular weight excluding hydrogens is 331 g/mol. The van der Waals surface area contributed by atoms with Gasteiger partial charge >= 0.3 is 11.9 Å². The molecule has 0 N–H and O–H groups in total. The van der Waals surface area contributed by atoms with Crippen molar-refractivity contribution in [1.29, 1.82) is 0 Å². The second kappa shape index (κ2) is 7.99. The van der Waals surface area contributed by atoms with Gasteiger partial charge in [0.2, 0.25) is 0 Å². The molecule has 0 unspecified atom stereocenters. The van der Waals surface area contributed by atoms with Crippen molar-refractivity contribution in [2.24, 2.45) is 5.92 Å². The Kier molecular flexibility index (Phi) is 6.64. The molecule has 0 heterocycles. The molecule has 0 aliphatic carbocycles. The van der Waals surface area contributed by atoms with E-state index in [0.717, 1.165) is 0 Å². The summed E-state index contributed by atoms with van der Waals surface area (Å²) in [5, 5.41) is 0. The summed E-state index contributed by atoms with van der Waals surface area (Å²) in [6, 6.07) is 4.07. The lowest BCUT2D eigenvalue weighted by Gasteiger charge is -2.15. The molecule has 0 spiro atoms. The number of carbonyl (C=O) groups excluding carboxylic acids is 2. The largest absolute Gasteiger partial charge is 0.465 e. The van der Waals surface area contributed by atoms with Gasteiger partial charge < -0.3 is 9.47 Å². The monoisotopic (exact) mass is 346 g/mol. The van der Waals surface area contributed by atoms with Gasteiger partial charge in [-0.05, 0) is 38.0 Å². The Morgan fingerprint density at radius 3 is 2.20 bits per heavy atom. The first-order valence-electron chi connectivity index (χ1n) is 6.26. The third-order valence-corrected chi connectivity index (χ3v) is 3.32. The van der Waals surface area contributed by atoms with Gasteiger partial charge in [0.25, 0.3) is 0 Å². The summed E-state index contributed by atoms with van der Waals surface area (Å²) in [7, 11) is 0. The number of benzene rings is 1. The van der Waals surface area contributed by atoms with Gasteiger partial charge in [-0.25, -0.2) is 4.39 Å². The first kappa shape index (κ1) is 16.6. The highest BCUT2D eigenvalue weighted by Crippen LogP contribution is 2.22. The molecule has 1 aromatic carbocycles. The molecule has 1 rings (SSSR count). The lowest BCUT2D eigenvalue weighted by atomic mass is 9.99. The first-order chi connectivity index (χ1) is 9.49. The number of ether oxygens (including phenoxy) is 2. The van der Waals surface area contributed by atoms with Crippen molar-refractivity contribution in [2.45, 2.75) is 20.3 Å². The molecule has 1 aromatic rings. The maximum atomic E-state index is 13.0. The summed E-state index contributed by atoms with van der Waals surface area (Å²) >= 11 is 3.21. The molecule has 0 aromatic heterocycles. The van der Waals surface area contributed by atoms with Crippen LogP contribution in [0.1, 0.15) is 19.4 Å². The smallest absolute Gasteiger partial charge is 0.320 e. The second-order valence-corrected chi connectivity index (χ2v) is 4.85. The van der Waals surface area contributed by atoms with E-state index < -0.39 is 23.7 Å². The number of carbonyl (C=O) groups is 2. The molecule has 6 heteroatoms. The minimum atomic E-state index is -1.04. The topological polar surface area (TPSA) is 52.6 Å². The Hall–Kier alpha value is -1.43. The molecule has 20 heavy (non-hydrogen) atoms. The van der Waals surface area contributed by atoms with Crippen molar-refractivity contribution < 1.29 is 23.5 Å². The third-order valence-electron chi connectivity index (χ3n) is 2.58. The van der Waals surface area contributed by atoms with Gasteiger partial charge in [-0.3, -0.25) is 9.59 Å². The van der Waals surface area contributed by atoms with Crippen LogP contribution in [0.5, 0.6) is 0 Å². The lowest BCUT2D eigenvalue weighted by molar-refractivity contribution is -0.161. The fourth-order valence-electron chi connectivity index (χ4n) is 1.66. The zero-order chi connectivity index (χ0) is 15.1. The summed E-state index contributed by atoms with van der Waals surface area (Å²) in [5.74, 6) is -2.72. The molecule has 0 radical (unpaired) electrons. The quantitative estimate of drug-likeness (QED) is 0.587. The van der Waals surface area contributed by atoms with Crippen molar-refractivity contribution >= 4 is 27.9 Å². The van der Waals surface area contributed by atoms with E-state index in [4.69, 9.17) is 9.47 Å². The fourth-order valence-corrected chi connectivity index (χ4v) is 2.17. The van der Waals surface area contributed by atoms with Crippen molar-refractivity contribution in [3.63, 3.8) is 0 Å². The summed E-state index contributed by atoms with van der Waals surface area (Å²) < 4.78 is 23.3. The van der Waals surface area contributed by atoms with Gasteiger partial charge in [0, 0.05) is 4.47 Å². The predicted octanol–water partition coefficient (Wildman–Crippen LogP) is 2.87. The van der Waals surface area contributed by atoms with Gasteiger partial charge in [-0.15, -0.1) is 0 Å². The molecule has 0 bridgehead atoms. The summed E-state index contributed by atoms with van der Waals surface area (Å²) in [6.07, 6.45) is 0.0958. The average molecular weight is 347 g/mol. The predicted molar refractivity (Wildman–Crippen MR) is 74.6 cm³/mol. The molecule has 0 aliphatic rings. The minimum absolute atomic E-state index is 0.0958. The van der Waals surface area contributed by atoms with Gasteiger partial charge in [-0.2, -0.15) is 0 Å². The number of hydrogen-bond acceptors (Lipinski definition) is 4. The lowest BCUT2D eigenvalue weighted by Crippen LogP contribution is -2.30. The van der Waals surface area contributed by atoms with Crippen molar-refractivity contribution in [3.05, 3.63) is 34.1 Å². The van der Waals surface area contributed by atoms with E-state index in [1.807, 2.05) is 0 Å². The van der Waals surface area contributed by atoms with Crippen LogP contribution in [0, 0.1) is 11.7 Å². The Labute approximate surface area is 125 Å². The molecule has 0 saturated carbocycles. The Bertz CT molecular complexity index is 472. The van der Waals surface area contributed by atoms with E-state index in [9.17, 15) is 14.0 Å². The number of halogens is 2. The van der Waals surface area contributed by atoms with Crippen LogP contribution in [0.4, 0.5) is 4.39 Å². The zero-order valence-electron chi connectivity index (χ0n) is 11.3. The SMILES string of the molecule is CCOC(=O)C(Cc1ccc(F)cc1Br)C(=O)OCC. The first-order valence-corrected chi connectivity index (χ1v) is 7.06. The van der Waals surface area contributed by atoms with Crippen LogP contribution in [0.25, 0.3) is 0 Å². The van der Waals surface area contributed by atoms with Gasteiger partial charge in [0.15, 0.2) is 5.92 Å². The molecule has 0 saturated heterocycles. The van der Waals surface area contributed by atoms with E-state index in [1.54, 1.807) is 13.8 Å². The second-order valence-electron chi connectivity index (χ2n) is 4.00. The van der Waals surface area contributed by atoms with E-state index in [0.29, 0.717) is 10.0 Å². The zero-order valence-corrected chi connectivity index (χ0v) is 12.9. The number of esters is 2. The molecule has 4 nitrogen and oxygen atoms in total. The molecule has 0 atom stereocenters. The maximum Gasteiger partial charge on any atom is 0.320 e. The Morgan fingerprint density at radius 2 is 1.75 bits per heavy atom. The van der Waals surface area contributed by atoms with Crippen LogP contribution >= 0.6 is 15.9 Å². The van der Waals surface area contributed by atoms with Crippen LogP contribution in [0.2, 0.25) is 0 Å². The summed E-state index contributed by atoms with van der Waals surface area (Å²) in [6.45, 7) is 3.68. The molecule has 0 aliphatic heterocycles. The van der Waals surface area contributed by atoms with E-state index in [1.165, 1.54) is 18.2 Å². The summed E-state index contributed by atoms with van der Waals surface area (Å²) in [5.41, 5.74) is 0.637. The van der Waals surface area contributed by atoms with E-state index >= 15 is 0 Å². The highest BCUT2D eigenvalue weighted by molar-refractivity contribution is 9.10. The van der Waals surface area contributed by atoms with Crippen LogP contribution in [-0.4, -0.2) is 25.2 Å². The highest BCUT2D eigenvalue weighted by Gasteiger charge is 2.30. The minimum Gasteiger partial charge on any atom is -0.465 e. The van der Waals surface area contributed by atoms with Crippen molar-refractivity contribution in [3.8, 4) is 0 Å². The van der Waals surface area contributed by atoms with Crippen LogP contribution in [-0.2, 0) is 25.5 Å². The van der Waals surface area contributed by atoms with Crippen molar-refractivity contribution in [2.75, 3.05) is 13.2 Å². The Morgan fingerprint density at radius 1 is 1.20 bits per heavy atom. The normalized spacial score (nSPS) is 10.4. The highest BCUT2D eigenvalue weighted by atomic mass is 79.9. The Balaban J connectivity index is 2.93. The average Bonchev–Trinajstić information content (AvgIpc) is 2.38. The van der Waals surface area contributed by atoms with Crippen LogP contribution in [0.3, 0.4) is 0 Å². The summed E-state index contributed by atoms with van der Waals surface area (Å²) in [4.78, 5) is 23.7. The molecule has 0 amide bonds. The molecule has 0 fully saturated rings. The van der Waals surface area contributed by atoms with E-state index in [2.05, 4.69) is 15.9 Å². The van der Waals surface area contributed by atoms with Crippen LogP contribution in [0.15, 0.2) is 22.7 Å². The standard InChI is InChI=1S/C14H16BrFO4/c1-3-19-13(17)11(14(18)20-4-2)7-9-5-6-10(16)8-12(9)15/h5-6,8,11H,3-4,7H2,1-2H3. The third kappa shape index (κ3) is 4.59. The molecule has 110 valence electrons. The fraction of sp³-hybridized carbons (Fsp3) is 0.429. The van der Waals surface area contributed by atoms with Gasteiger partial charge in [0.05, 0.1) is 13.2 Å². The van der Waals surface area contributed by atoms with Gasteiger partial charge in [-0.1, -0.05) is 22.0 Å². The molecular formula is C14H16BrFO4. The van der Waals surface area contributed by atoms with E-state index in [-0.39, 0.29) is 19.6 Å². The van der Waals surface area contributed by atoms with Crippen molar-refractivity contribution in [1.82, 2.24) is 0 Å². The maximum absolute atomic E-state index is 13.0. The van der Waals surface area contributed by atoms with Crippen LogP contribution < -0.4 is 0 Å². The number of rotatable bonds is 6. The number of hydrogen-bond donors (Lipinski definition) is 0. The van der Waals surface area contributed by atoms with Gasteiger partial charge in [0.1, 0.15) is 5.82 Å².